The molecule has 0 aromatic carbocycles. The Balaban J connectivity index is 4.43. The summed E-state index contributed by atoms with van der Waals surface area (Å²) in [5, 5.41) is 12.2. The van der Waals surface area contributed by atoms with E-state index in [1.165, 1.54) is 0 Å². The fraction of sp³-hybridized carbons (Fsp3) is 0.923. The minimum absolute atomic E-state index is 0.0256. The lowest BCUT2D eigenvalue weighted by atomic mass is 10.1. The molecule has 0 aliphatic heterocycles. The van der Waals surface area contributed by atoms with Gasteiger partial charge in [-0.1, -0.05) is 13.8 Å². The largest absolute Gasteiger partial charge is 0.395 e. The first-order valence-electron chi connectivity index (χ1n) is 6.51. The molecule has 4 nitrogen and oxygen atoms in total. The van der Waals surface area contributed by atoms with Gasteiger partial charge in [-0.05, 0) is 33.6 Å². The van der Waals surface area contributed by atoms with Crippen molar-refractivity contribution in [2.75, 3.05) is 19.7 Å². The molecule has 1 amide bonds. The minimum Gasteiger partial charge on any atom is -0.395 e. The Morgan fingerprint density at radius 3 is 2.18 bits per heavy atom. The number of nitrogens with zero attached hydrogens (tertiary/aromatic N) is 1. The molecular formula is C13H28N2O2. The van der Waals surface area contributed by atoms with Crippen LogP contribution in [0.4, 0.5) is 0 Å². The molecule has 0 aromatic rings. The normalized spacial score (nSPS) is 11.9. The lowest BCUT2D eigenvalue weighted by Crippen LogP contribution is -2.49. The van der Waals surface area contributed by atoms with Gasteiger partial charge in [0.2, 0.25) is 5.91 Å². The van der Waals surface area contributed by atoms with Crippen molar-refractivity contribution in [3.8, 4) is 0 Å². The zero-order chi connectivity index (χ0) is 13.5. The summed E-state index contributed by atoms with van der Waals surface area (Å²) >= 11 is 0. The van der Waals surface area contributed by atoms with E-state index in [1.54, 1.807) is 4.90 Å². The second kappa shape index (κ2) is 7.67. The minimum atomic E-state index is -0.0610. The van der Waals surface area contributed by atoms with Gasteiger partial charge in [-0.15, -0.1) is 0 Å². The SMILES string of the molecule is CCC(CC)N(CCO)C(=O)CNC(C)(C)C. The van der Waals surface area contributed by atoms with E-state index in [0.29, 0.717) is 13.1 Å². The molecule has 0 heterocycles. The van der Waals surface area contributed by atoms with E-state index in [9.17, 15) is 4.79 Å². The maximum atomic E-state index is 12.1. The number of aliphatic hydroxyl groups excluding tert-OH is 1. The molecule has 0 saturated heterocycles. The van der Waals surface area contributed by atoms with Crippen LogP contribution in [-0.2, 0) is 4.79 Å². The number of hydrogen-bond donors (Lipinski definition) is 2. The summed E-state index contributed by atoms with van der Waals surface area (Å²) in [5.74, 6) is 0.0719. The van der Waals surface area contributed by atoms with Crippen LogP contribution in [0.5, 0.6) is 0 Å². The third kappa shape index (κ3) is 6.64. The summed E-state index contributed by atoms with van der Waals surface area (Å²) in [5.41, 5.74) is -0.0610. The molecule has 0 unspecified atom stereocenters. The topological polar surface area (TPSA) is 52.6 Å². The zero-order valence-electron chi connectivity index (χ0n) is 11.9. The van der Waals surface area contributed by atoms with Crippen LogP contribution in [0, 0.1) is 0 Å². The summed E-state index contributed by atoms with van der Waals surface area (Å²) < 4.78 is 0. The van der Waals surface area contributed by atoms with E-state index >= 15 is 0 Å². The van der Waals surface area contributed by atoms with Crippen molar-refractivity contribution < 1.29 is 9.90 Å². The fourth-order valence-corrected chi connectivity index (χ4v) is 1.79. The Labute approximate surface area is 105 Å². The number of carbonyl (C=O) groups excluding carboxylic acids is 1. The van der Waals surface area contributed by atoms with Gasteiger partial charge < -0.3 is 15.3 Å². The highest BCUT2D eigenvalue weighted by Crippen LogP contribution is 2.09. The van der Waals surface area contributed by atoms with Gasteiger partial charge in [-0.25, -0.2) is 0 Å². The number of aliphatic hydroxyl groups is 1. The van der Waals surface area contributed by atoms with Gasteiger partial charge in [0.05, 0.1) is 13.2 Å². The first kappa shape index (κ1) is 16.4. The molecule has 17 heavy (non-hydrogen) atoms. The van der Waals surface area contributed by atoms with E-state index in [-0.39, 0.29) is 24.1 Å². The molecule has 0 bridgehead atoms. The van der Waals surface area contributed by atoms with Crippen LogP contribution < -0.4 is 5.32 Å². The average Bonchev–Trinajstić information content (AvgIpc) is 2.25. The van der Waals surface area contributed by atoms with Crippen molar-refractivity contribution >= 4 is 5.91 Å². The highest BCUT2D eigenvalue weighted by Gasteiger charge is 2.21. The van der Waals surface area contributed by atoms with Crippen LogP contribution in [0.15, 0.2) is 0 Å². The monoisotopic (exact) mass is 244 g/mol. The smallest absolute Gasteiger partial charge is 0.236 e. The Morgan fingerprint density at radius 1 is 1.29 bits per heavy atom. The van der Waals surface area contributed by atoms with E-state index in [0.717, 1.165) is 12.8 Å². The summed E-state index contributed by atoms with van der Waals surface area (Å²) in [6.45, 7) is 11.0. The van der Waals surface area contributed by atoms with Crippen molar-refractivity contribution in [1.82, 2.24) is 10.2 Å². The molecule has 0 radical (unpaired) electrons. The van der Waals surface area contributed by atoms with Gasteiger partial charge >= 0.3 is 0 Å². The van der Waals surface area contributed by atoms with Crippen molar-refractivity contribution in [1.29, 1.82) is 0 Å². The van der Waals surface area contributed by atoms with Crippen molar-refractivity contribution in [3.05, 3.63) is 0 Å². The van der Waals surface area contributed by atoms with Crippen LogP contribution >= 0.6 is 0 Å². The van der Waals surface area contributed by atoms with Gasteiger partial charge in [-0.2, -0.15) is 0 Å². The van der Waals surface area contributed by atoms with Gasteiger partial charge in [0.25, 0.3) is 0 Å². The molecule has 102 valence electrons. The quantitative estimate of drug-likeness (QED) is 0.711. The number of rotatable bonds is 7. The number of amides is 1. The number of nitrogens with one attached hydrogen (secondary N) is 1. The fourth-order valence-electron chi connectivity index (χ4n) is 1.79. The Bertz CT molecular complexity index is 220. The summed E-state index contributed by atoms with van der Waals surface area (Å²) in [4.78, 5) is 13.9. The van der Waals surface area contributed by atoms with Crippen LogP contribution in [0.1, 0.15) is 47.5 Å². The van der Waals surface area contributed by atoms with E-state index in [1.807, 2.05) is 20.8 Å². The second-order valence-electron chi connectivity index (χ2n) is 5.38. The molecule has 0 spiro atoms. The predicted octanol–water partition coefficient (Wildman–Crippen LogP) is 1.38. The molecular weight excluding hydrogens is 216 g/mol. The first-order chi connectivity index (χ1) is 7.85. The van der Waals surface area contributed by atoms with Crippen LogP contribution in [0.2, 0.25) is 0 Å². The molecule has 0 aliphatic rings. The van der Waals surface area contributed by atoms with Crippen molar-refractivity contribution in [2.45, 2.75) is 59.0 Å². The van der Waals surface area contributed by atoms with Gasteiger partial charge in [-0.3, -0.25) is 4.79 Å². The molecule has 0 aliphatic carbocycles. The highest BCUT2D eigenvalue weighted by atomic mass is 16.3. The van der Waals surface area contributed by atoms with E-state index in [4.69, 9.17) is 5.11 Å². The summed E-state index contributed by atoms with van der Waals surface area (Å²) in [7, 11) is 0. The van der Waals surface area contributed by atoms with Gasteiger partial charge in [0.1, 0.15) is 0 Å². The first-order valence-corrected chi connectivity index (χ1v) is 6.51. The van der Waals surface area contributed by atoms with Gasteiger partial charge in [0.15, 0.2) is 0 Å². The second-order valence-corrected chi connectivity index (χ2v) is 5.38. The van der Waals surface area contributed by atoms with E-state index < -0.39 is 0 Å². The number of hydrogen-bond acceptors (Lipinski definition) is 3. The lowest BCUT2D eigenvalue weighted by molar-refractivity contribution is -0.133. The van der Waals surface area contributed by atoms with Gasteiger partial charge in [0, 0.05) is 18.1 Å². The molecule has 0 atom stereocenters. The standard InChI is InChI=1S/C13H28N2O2/c1-6-11(7-2)15(8-9-16)12(17)10-14-13(3,4)5/h11,14,16H,6-10H2,1-5H3. The van der Waals surface area contributed by atoms with E-state index in [2.05, 4.69) is 19.2 Å². The Morgan fingerprint density at radius 2 is 1.82 bits per heavy atom. The number of carbonyl (C=O) groups is 1. The Kier molecular flexibility index (Phi) is 7.39. The summed E-state index contributed by atoms with van der Waals surface area (Å²) in [6.07, 6.45) is 1.86. The molecule has 2 N–H and O–H groups in total. The predicted molar refractivity (Wildman–Crippen MR) is 70.9 cm³/mol. The average molecular weight is 244 g/mol. The molecule has 0 aromatic heterocycles. The molecule has 0 rings (SSSR count). The maximum Gasteiger partial charge on any atom is 0.236 e. The van der Waals surface area contributed by atoms with Crippen molar-refractivity contribution in [3.63, 3.8) is 0 Å². The Hall–Kier alpha value is -0.610. The third-order valence-electron chi connectivity index (χ3n) is 2.81. The van der Waals surface area contributed by atoms with Crippen LogP contribution in [0.3, 0.4) is 0 Å². The molecule has 0 fully saturated rings. The highest BCUT2D eigenvalue weighted by molar-refractivity contribution is 5.78. The molecule has 4 heteroatoms. The third-order valence-corrected chi connectivity index (χ3v) is 2.81. The van der Waals surface area contributed by atoms with Crippen molar-refractivity contribution in [2.24, 2.45) is 0 Å². The zero-order valence-corrected chi connectivity index (χ0v) is 11.9. The summed E-state index contributed by atoms with van der Waals surface area (Å²) in [6, 6.07) is 0.233. The van der Waals surface area contributed by atoms with Crippen LogP contribution in [0.25, 0.3) is 0 Å². The lowest BCUT2D eigenvalue weighted by Gasteiger charge is -2.31. The maximum absolute atomic E-state index is 12.1. The van der Waals surface area contributed by atoms with Crippen LogP contribution in [-0.4, -0.2) is 47.2 Å². The molecule has 0 saturated carbocycles.